The lowest BCUT2D eigenvalue weighted by Gasteiger charge is -2.08. The Hall–Kier alpha value is -1.55. The van der Waals surface area contributed by atoms with Gasteiger partial charge in [0, 0.05) is 19.3 Å². The first-order chi connectivity index (χ1) is 6.99. The van der Waals surface area contributed by atoms with Gasteiger partial charge in [-0.2, -0.15) is 10.4 Å². The van der Waals surface area contributed by atoms with Gasteiger partial charge < -0.3 is 0 Å². The molecule has 0 bridgehead atoms. The number of rotatable bonds is 4. The molecule has 0 aliphatic rings. The van der Waals surface area contributed by atoms with E-state index in [9.17, 15) is 8.42 Å². The molecule has 82 valence electrons. The van der Waals surface area contributed by atoms with Gasteiger partial charge in [0.25, 0.3) is 0 Å². The van der Waals surface area contributed by atoms with Crippen molar-refractivity contribution < 1.29 is 8.42 Å². The Bertz CT molecular complexity index is 471. The van der Waals surface area contributed by atoms with Crippen molar-refractivity contribution in [1.82, 2.24) is 9.78 Å². The standard InChI is InChI=1S/C8H12N4O2S/c1-3-7(6-9)15(13,14)11-8-4-5-12(2)10-8/h4-5,7H,3H2,1-2H3,(H,10,11). The van der Waals surface area contributed by atoms with E-state index >= 15 is 0 Å². The van der Waals surface area contributed by atoms with Gasteiger partial charge in [0.05, 0.1) is 6.07 Å². The maximum absolute atomic E-state index is 11.6. The Labute approximate surface area is 88.6 Å². The molecule has 0 aromatic carbocycles. The molecule has 15 heavy (non-hydrogen) atoms. The van der Waals surface area contributed by atoms with E-state index in [1.54, 1.807) is 26.2 Å². The summed E-state index contributed by atoms with van der Waals surface area (Å²) < 4.78 is 26.9. The summed E-state index contributed by atoms with van der Waals surface area (Å²) in [5.74, 6) is 0.228. The van der Waals surface area contributed by atoms with Crippen molar-refractivity contribution in [2.24, 2.45) is 7.05 Å². The highest BCUT2D eigenvalue weighted by Gasteiger charge is 2.23. The van der Waals surface area contributed by atoms with Crippen LogP contribution in [0.15, 0.2) is 12.3 Å². The summed E-state index contributed by atoms with van der Waals surface area (Å²) in [5, 5.41) is 11.5. The number of aryl methyl sites for hydroxylation is 1. The molecule has 1 atom stereocenters. The molecule has 1 heterocycles. The molecule has 1 rings (SSSR count). The van der Waals surface area contributed by atoms with Crippen LogP contribution in [0.2, 0.25) is 0 Å². The number of nitrogens with zero attached hydrogens (tertiary/aromatic N) is 3. The largest absolute Gasteiger partial charge is 0.274 e. The average Bonchev–Trinajstić information content (AvgIpc) is 2.51. The van der Waals surface area contributed by atoms with Crippen LogP contribution in [0.4, 0.5) is 5.82 Å². The van der Waals surface area contributed by atoms with Gasteiger partial charge in [-0.3, -0.25) is 9.40 Å². The van der Waals surface area contributed by atoms with Crippen LogP contribution in [0.1, 0.15) is 13.3 Å². The van der Waals surface area contributed by atoms with Gasteiger partial charge in [-0.25, -0.2) is 8.42 Å². The van der Waals surface area contributed by atoms with Crippen LogP contribution in [0.25, 0.3) is 0 Å². The highest BCUT2D eigenvalue weighted by molar-refractivity contribution is 7.93. The van der Waals surface area contributed by atoms with Crippen LogP contribution >= 0.6 is 0 Å². The van der Waals surface area contributed by atoms with Gasteiger partial charge in [-0.15, -0.1) is 0 Å². The molecule has 6 nitrogen and oxygen atoms in total. The van der Waals surface area contributed by atoms with E-state index < -0.39 is 15.3 Å². The fourth-order valence-electron chi connectivity index (χ4n) is 1.07. The fraction of sp³-hybridized carbons (Fsp3) is 0.500. The van der Waals surface area contributed by atoms with E-state index in [2.05, 4.69) is 9.82 Å². The van der Waals surface area contributed by atoms with E-state index in [0.717, 1.165) is 0 Å². The summed E-state index contributed by atoms with van der Waals surface area (Å²) in [5.41, 5.74) is 0. The van der Waals surface area contributed by atoms with Crippen LogP contribution in [-0.2, 0) is 17.1 Å². The molecule has 0 radical (unpaired) electrons. The molecule has 1 unspecified atom stereocenters. The molecule has 0 aliphatic carbocycles. The lowest BCUT2D eigenvalue weighted by molar-refractivity contribution is 0.592. The maximum atomic E-state index is 11.6. The van der Waals surface area contributed by atoms with Crippen molar-refractivity contribution in [3.63, 3.8) is 0 Å². The van der Waals surface area contributed by atoms with Crippen LogP contribution in [0.3, 0.4) is 0 Å². The second-order valence-corrected chi connectivity index (χ2v) is 4.91. The van der Waals surface area contributed by atoms with Gasteiger partial charge >= 0.3 is 0 Å². The summed E-state index contributed by atoms with van der Waals surface area (Å²) in [6.45, 7) is 1.64. The van der Waals surface area contributed by atoms with Gasteiger partial charge in [0.15, 0.2) is 11.1 Å². The molecule has 0 spiro atoms. The van der Waals surface area contributed by atoms with Crippen molar-refractivity contribution in [3.05, 3.63) is 12.3 Å². The number of hydrogen-bond acceptors (Lipinski definition) is 4. The third-order valence-corrected chi connectivity index (χ3v) is 3.53. The highest BCUT2D eigenvalue weighted by Crippen LogP contribution is 2.10. The summed E-state index contributed by atoms with van der Waals surface area (Å²) in [4.78, 5) is 0. The SMILES string of the molecule is CCC(C#N)S(=O)(=O)Nc1ccn(C)n1. The molecule has 1 aromatic rings. The minimum Gasteiger partial charge on any atom is -0.274 e. The molecule has 1 aromatic heterocycles. The molecular weight excluding hydrogens is 216 g/mol. The first kappa shape index (κ1) is 11.5. The monoisotopic (exact) mass is 228 g/mol. The predicted molar refractivity (Wildman–Crippen MR) is 55.4 cm³/mol. The average molecular weight is 228 g/mol. The second-order valence-electron chi connectivity index (χ2n) is 3.05. The van der Waals surface area contributed by atoms with E-state index in [1.807, 2.05) is 0 Å². The first-order valence-corrected chi connectivity index (χ1v) is 5.95. The van der Waals surface area contributed by atoms with E-state index in [1.165, 1.54) is 10.7 Å². The molecule has 0 aliphatic heterocycles. The molecule has 1 N–H and O–H groups in total. The van der Waals surface area contributed by atoms with Crippen molar-refractivity contribution in [2.75, 3.05) is 4.72 Å². The summed E-state index contributed by atoms with van der Waals surface area (Å²) in [6, 6.07) is 3.26. The van der Waals surface area contributed by atoms with Crippen molar-refractivity contribution in [2.45, 2.75) is 18.6 Å². The normalized spacial score (nSPS) is 13.1. The van der Waals surface area contributed by atoms with E-state index in [4.69, 9.17) is 5.26 Å². The first-order valence-electron chi connectivity index (χ1n) is 4.40. The smallest absolute Gasteiger partial charge is 0.250 e. The van der Waals surface area contributed by atoms with E-state index in [0.29, 0.717) is 0 Å². The van der Waals surface area contributed by atoms with E-state index in [-0.39, 0.29) is 12.2 Å². The van der Waals surface area contributed by atoms with Crippen molar-refractivity contribution >= 4 is 15.8 Å². The Morgan fingerprint density at radius 3 is 2.80 bits per heavy atom. The summed E-state index contributed by atoms with van der Waals surface area (Å²) in [7, 11) is -1.97. The molecule has 0 saturated heterocycles. The third-order valence-electron chi connectivity index (χ3n) is 1.85. The Morgan fingerprint density at radius 1 is 1.73 bits per heavy atom. The van der Waals surface area contributed by atoms with Crippen LogP contribution in [0, 0.1) is 11.3 Å². The Morgan fingerprint density at radius 2 is 2.40 bits per heavy atom. The van der Waals surface area contributed by atoms with Crippen molar-refractivity contribution in [3.8, 4) is 6.07 Å². The predicted octanol–water partition coefficient (Wildman–Crippen LogP) is 0.464. The number of sulfonamides is 1. The van der Waals surface area contributed by atoms with Crippen LogP contribution in [-0.4, -0.2) is 23.4 Å². The Kier molecular flexibility index (Phi) is 3.31. The lowest BCUT2D eigenvalue weighted by atomic mass is 10.4. The Balaban J connectivity index is 2.86. The van der Waals surface area contributed by atoms with Gasteiger partial charge in [-0.05, 0) is 6.42 Å². The fourth-order valence-corrected chi connectivity index (χ4v) is 2.19. The minimum absolute atomic E-state index is 0.228. The van der Waals surface area contributed by atoms with Gasteiger partial charge in [0.1, 0.15) is 0 Å². The number of nitrogens with one attached hydrogen (secondary N) is 1. The zero-order chi connectivity index (χ0) is 11.5. The summed E-state index contributed by atoms with van der Waals surface area (Å²) in [6.07, 6.45) is 1.86. The molecule has 7 heteroatoms. The minimum atomic E-state index is -3.65. The number of aromatic nitrogens is 2. The number of hydrogen-bond donors (Lipinski definition) is 1. The van der Waals surface area contributed by atoms with Gasteiger partial charge in [-0.1, -0.05) is 6.92 Å². The molecule has 0 amide bonds. The number of nitriles is 1. The van der Waals surface area contributed by atoms with Crippen molar-refractivity contribution in [1.29, 1.82) is 5.26 Å². The van der Waals surface area contributed by atoms with Crippen LogP contribution in [0.5, 0.6) is 0 Å². The zero-order valence-corrected chi connectivity index (χ0v) is 9.32. The second kappa shape index (κ2) is 4.31. The zero-order valence-electron chi connectivity index (χ0n) is 8.51. The summed E-state index contributed by atoms with van der Waals surface area (Å²) >= 11 is 0. The lowest BCUT2D eigenvalue weighted by Crippen LogP contribution is -2.26. The third kappa shape index (κ3) is 2.70. The van der Waals surface area contributed by atoms with Crippen LogP contribution < -0.4 is 4.72 Å². The quantitative estimate of drug-likeness (QED) is 0.811. The highest BCUT2D eigenvalue weighted by atomic mass is 32.2. The molecule has 0 fully saturated rings. The topological polar surface area (TPSA) is 87.8 Å². The maximum Gasteiger partial charge on any atom is 0.250 e. The van der Waals surface area contributed by atoms with Gasteiger partial charge in [0.2, 0.25) is 10.0 Å². The molecule has 0 saturated carbocycles. The molecular formula is C8H12N4O2S. The number of anilines is 1.